The first kappa shape index (κ1) is 15.3. The van der Waals surface area contributed by atoms with E-state index in [0.717, 1.165) is 50.5 Å². The van der Waals surface area contributed by atoms with Crippen LogP contribution in [0.25, 0.3) is 0 Å². The highest BCUT2D eigenvalue weighted by molar-refractivity contribution is 5.95. The molecule has 2 aliphatic heterocycles. The molecule has 3 rings (SSSR count). The van der Waals surface area contributed by atoms with E-state index in [1.807, 2.05) is 19.1 Å². The summed E-state index contributed by atoms with van der Waals surface area (Å²) in [7, 11) is 0. The first-order valence-electron chi connectivity index (χ1n) is 8.41. The van der Waals surface area contributed by atoms with Gasteiger partial charge in [-0.1, -0.05) is 0 Å². The normalized spacial score (nSPS) is 25.8. The van der Waals surface area contributed by atoms with Gasteiger partial charge in [0.1, 0.15) is 5.82 Å². The maximum Gasteiger partial charge on any atom is 0.231 e. The van der Waals surface area contributed by atoms with Gasteiger partial charge in [-0.3, -0.25) is 4.79 Å². The van der Waals surface area contributed by atoms with Crippen molar-refractivity contribution in [2.75, 3.05) is 36.4 Å². The number of nitrogens with one attached hydrogen (secondary N) is 2. The predicted molar refractivity (Wildman–Crippen MR) is 89.1 cm³/mol. The second kappa shape index (κ2) is 6.65. The zero-order chi connectivity index (χ0) is 15.4. The fourth-order valence-electron chi connectivity index (χ4n) is 3.30. The molecule has 0 bridgehead atoms. The number of rotatable bonds is 3. The number of piperidine rings is 2. The number of amides is 1. The Hall–Kier alpha value is -1.62. The van der Waals surface area contributed by atoms with Crippen molar-refractivity contribution < 1.29 is 4.79 Å². The third-order valence-corrected chi connectivity index (χ3v) is 4.83. The second-order valence-corrected chi connectivity index (χ2v) is 6.75. The molecule has 3 heterocycles. The highest BCUT2D eigenvalue weighted by Crippen LogP contribution is 2.27. The molecule has 0 spiro atoms. The molecule has 1 unspecified atom stereocenters. The maximum atomic E-state index is 12.5. The van der Waals surface area contributed by atoms with E-state index in [9.17, 15) is 4.79 Å². The summed E-state index contributed by atoms with van der Waals surface area (Å²) in [6.07, 6.45) is 7.57. The number of nitrogens with zero attached hydrogens (tertiary/aromatic N) is 2. The maximum absolute atomic E-state index is 12.5. The van der Waals surface area contributed by atoms with Gasteiger partial charge in [0.15, 0.2) is 0 Å². The average molecular weight is 302 g/mol. The molecule has 1 aromatic rings. The van der Waals surface area contributed by atoms with Crippen LogP contribution in [0.5, 0.6) is 0 Å². The van der Waals surface area contributed by atoms with Crippen molar-refractivity contribution in [3.63, 3.8) is 0 Å². The summed E-state index contributed by atoms with van der Waals surface area (Å²) in [5.41, 5.74) is 0.474. The largest absolute Gasteiger partial charge is 0.357 e. The molecule has 0 radical (unpaired) electrons. The molecule has 2 fully saturated rings. The Bertz CT molecular complexity index is 502. The minimum absolute atomic E-state index is 0.0900. The van der Waals surface area contributed by atoms with Gasteiger partial charge in [0.05, 0.1) is 17.3 Å². The van der Waals surface area contributed by atoms with Crippen molar-refractivity contribution in [1.29, 1.82) is 0 Å². The van der Waals surface area contributed by atoms with E-state index in [4.69, 9.17) is 0 Å². The number of anilines is 2. The fourth-order valence-corrected chi connectivity index (χ4v) is 3.30. The molecule has 2 aliphatic rings. The minimum Gasteiger partial charge on any atom is -0.357 e. The van der Waals surface area contributed by atoms with Crippen LogP contribution in [-0.2, 0) is 4.79 Å². The lowest BCUT2D eigenvalue weighted by Gasteiger charge is -2.32. The molecule has 5 heteroatoms. The van der Waals surface area contributed by atoms with Crippen molar-refractivity contribution in [2.45, 2.75) is 39.0 Å². The summed E-state index contributed by atoms with van der Waals surface area (Å²) in [4.78, 5) is 19.3. The molecule has 0 aromatic carbocycles. The number of carbonyl (C=O) groups is 1. The lowest BCUT2D eigenvalue weighted by Crippen LogP contribution is -2.46. The quantitative estimate of drug-likeness (QED) is 0.900. The molecule has 22 heavy (non-hydrogen) atoms. The Labute approximate surface area is 132 Å². The molecule has 2 N–H and O–H groups in total. The Morgan fingerprint density at radius 1 is 1.27 bits per heavy atom. The van der Waals surface area contributed by atoms with Gasteiger partial charge >= 0.3 is 0 Å². The van der Waals surface area contributed by atoms with E-state index in [1.54, 1.807) is 6.20 Å². The predicted octanol–water partition coefficient (Wildman–Crippen LogP) is 2.40. The van der Waals surface area contributed by atoms with Crippen LogP contribution in [0.4, 0.5) is 11.5 Å². The van der Waals surface area contributed by atoms with Gasteiger partial charge in [0, 0.05) is 19.6 Å². The van der Waals surface area contributed by atoms with E-state index < -0.39 is 0 Å². The zero-order valence-electron chi connectivity index (χ0n) is 13.4. The summed E-state index contributed by atoms with van der Waals surface area (Å²) in [5, 5.41) is 6.33. The van der Waals surface area contributed by atoms with Crippen LogP contribution >= 0.6 is 0 Å². The molecule has 2 saturated heterocycles. The van der Waals surface area contributed by atoms with Gasteiger partial charge in [0.25, 0.3) is 0 Å². The van der Waals surface area contributed by atoms with Crippen LogP contribution in [0.3, 0.4) is 0 Å². The number of pyridine rings is 1. The number of carbonyl (C=O) groups excluding carboxylic acids is 1. The Morgan fingerprint density at radius 3 is 2.73 bits per heavy atom. The molecule has 120 valence electrons. The van der Waals surface area contributed by atoms with Crippen molar-refractivity contribution in [3.8, 4) is 0 Å². The Kier molecular flexibility index (Phi) is 4.62. The van der Waals surface area contributed by atoms with Crippen molar-refractivity contribution in [3.05, 3.63) is 18.3 Å². The molecular weight excluding hydrogens is 276 g/mol. The van der Waals surface area contributed by atoms with Gasteiger partial charge in [0.2, 0.25) is 5.91 Å². The highest BCUT2D eigenvalue weighted by atomic mass is 16.2. The van der Waals surface area contributed by atoms with Crippen molar-refractivity contribution >= 4 is 17.4 Å². The third-order valence-electron chi connectivity index (χ3n) is 4.83. The summed E-state index contributed by atoms with van der Waals surface area (Å²) in [6.45, 7) is 5.96. The summed E-state index contributed by atoms with van der Waals surface area (Å²) in [5.74, 6) is 1.11. The summed E-state index contributed by atoms with van der Waals surface area (Å²) >= 11 is 0. The molecule has 0 aliphatic carbocycles. The zero-order valence-corrected chi connectivity index (χ0v) is 13.4. The highest BCUT2D eigenvalue weighted by Gasteiger charge is 2.34. The Balaban J connectivity index is 1.61. The van der Waals surface area contributed by atoms with Gasteiger partial charge in [-0.15, -0.1) is 0 Å². The minimum atomic E-state index is -0.316. The topological polar surface area (TPSA) is 57.3 Å². The van der Waals surface area contributed by atoms with Gasteiger partial charge in [-0.25, -0.2) is 4.98 Å². The first-order valence-corrected chi connectivity index (χ1v) is 8.41. The number of hydrogen-bond donors (Lipinski definition) is 2. The lowest BCUT2D eigenvalue weighted by atomic mass is 9.82. The van der Waals surface area contributed by atoms with Crippen LogP contribution in [-0.4, -0.2) is 37.1 Å². The van der Waals surface area contributed by atoms with E-state index in [1.165, 1.54) is 19.3 Å². The van der Waals surface area contributed by atoms with Crippen molar-refractivity contribution in [2.24, 2.45) is 5.41 Å². The lowest BCUT2D eigenvalue weighted by molar-refractivity contribution is -0.125. The van der Waals surface area contributed by atoms with Gasteiger partial charge in [-0.05, 0) is 57.7 Å². The fraction of sp³-hybridized carbons (Fsp3) is 0.647. The van der Waals surface area contributed by atoms with E-state index >= 15 is 0 Å². The molecule has 1 aromatic heterocycles. The van der Waals surface area contributed by atoms with E-state index in [2.05, 4.69) is 20.5 Å². The summed E-state index contributed by atoms with van der Waals surface area (Å²) < 4.78 is 0. The molecule has 1 amide bonds. The van der Waals surface area contributed by atoms with Crippen LogP contribution in [0.2, 0.25) is 0 Å². The molecule has 1 atom stereocenters. The number of aromatic nitrogens is 1. The average Bonchev–Trinajstić information content (AvgIpc) is 2.57. The standard InChI is InChI=1S/C17H26N4O/c1-17(8-5-9-18-13-17)16(22)20-14-6-7-15(19-12-14)21-10-3-2-4-11-21/h6-7,12,18H,2-5,8-11,13H2,1H3,(H,20,22). The first-order chi connectivity index (χ1) is 10.7. The summed E-state index contributed by atoms with van der Waals surface area (Å²) in [6, 6.07) is 3.98. The molecule has 5 nitrogen and oxygen atoms in total. The van der Waals surface area contributed by atoms with Crippen LogP contribution in [0.15, 0.2) is 18.3 Å². The Morgan fingerprint density at radius 2 is 2.09 bits per heavy atom. The van der Waals surface area contributed by atoms with Crippen molar-refractivity contribution in [1.82, 2.24) is 10.3 Å². The molecule has 0 saturated carbocycles. The van der Waals surface area contributed by atoms with Gasteiger partial charge < -0.3 is 15.5 Å². The van der Waals surface area contributed by atoms with E-state index in [0.29, 0.717) is 0 Å². The van der Waals surface area contributed by atoms with Gasteiger partial charge in [-0.2, -0.15) is 0 Å². The van der Waals surface area contributed by atoms with Crippen LogP contribution < -0.4 is 15.5 Å². The van der Waals surface area contributed by atoms with Crippen LogP contribution in [0, 0.1) is 5.41 Å². The monoisotopic (exact) mass is 302 g/mol. The number of hydrogen-bond acceptors (Lipinski definition) is 4. The van der Waals surface area contributed by atoms with Crippen LogP contribution in [0.1, 0.15) is 39.0 Å². The smallest absolute Gasteiger partial charge is 0.231 e. The SMILES string of the molecule is CC1(C(=O)Nc2ccc(N3CCCCC3)nc2)CCCNC1. The second-order valence-electron chi connectivity index (χ2n) is 6.75. The third kappa shape index (κ3) is 3.40. The van der Waals surface area contributed by atoms with E-state index in [-0.39, 0.29) is 11.3 Å². The molecular formula is C17H26N4O.